The standard InChI is InChI=1S/C13H11NO3/c1-2-9-6-14(7-9)13(15)10-3-4-11-12(5-10)17-8-16-11/h1,3-5,9H,6-8H2. The highest BCUT2D eigenvalue weighted by atomic mass is 16.7. The first-order chi connectivity index (χ1) is 8.28. The van der Waals surface area contributed by atoms with Gasteiger partial charge in [-0.15, -0.1) is 6.42 Å². The molecule has 1 aromatic carbocycles. The summed E-state index contributed by atoms with van der Waals surface area (Å²) in [6, 6.07) is 5.22. The number of fused-ring (bicyclic) bond motifs is 1. The van der Waals surface area contributed by atoms with Gasteiger partial charge in [0.05, 0.1) is 5.92 Å². The van der Waals surface area contributed by atoms with Crippen molar-refractivity contribution in [3.63, 3.8) is 0 Å². The van der Waals surface area contributed by atoms with Crippen LogP contribution in [0.25, 0.3) is 0 Å². The van der Waals surface area contributed by atoms with E-state index >= 15 is 0 Å². The Morgan fingerprint density at radius 3 is 2.88 bits per heavy atom. The molecule has 1 amide bonds. The van der Waals surface area contributed by atoms with Crippen molar-refractivity contribution in [3.05, 3.63) is 23.8 Å². The summed E-state index contributed by atoms with van der Waals surface area (Å²) in [6.45, 7) is 1.50. The number of benzene rings is 1. The van der Waals surface area contributed by atoms with Crippen molar-refractivity contribution in [2.75, 3.05) is 19.9 Å². The maximum absolute atomic E-state index is 12.0. The van der Waals surface area contributed by atoms with Gasteiger partial charge < -0.3 is 14.4 Å². The van der Waals surface area contributed by atoms with Gasteiger partial charge in [-0.05, 0) is 18.2 Å². The smallest absolute Gasteiger partial charge is 0.254 e. The van der Waals surface area contributed by atoms with Crippen molar-refractivity contribution in [2.45, 2.75) is 0 Å². The summed E-state index contributed by atoms with van der Waals surface area (Å²) in [5.74, 6) is 4.15. The minimum absolute atomic E-state index is 0.00481. The average molecular weight is 229 g/mol. The molecule has 3 rings (SSSR count). The quantitative estimate of drug-likeness (QED) is 0.677. The van der Waals surface area contributed by atoms with Crippen molar-refractivity contribution in [1.82, 2.24) is 4.90 Å². The summed E-state index contributed by atoms with van der Waals surface area (Å²) in [4.78, 5) is 13.8. The highest BCUT2D eigenvalue weighted by Gasteiger charge is 2.30. The summed E-state index contributed by atoms with van der Waals surface area (Å²) in [7, 11) is 0. The number of rotatable bonds is 1. The Morgan fingerprint density at radius 2 is 2.12 bits per heavy atom. The lowest BCUT2D eigenvalue weighted by Crippen LogP contribution is -2.49. The van der Waals surface area contributed by atoms with Gasteiger partial charge in [0.15, 0.2) is 11.5 Å². The molecule has 2 heterocycles. The molecule has 17 heavy (non-hydrogen) atoms. The van der Waals surface area contributed by atoms with Gasteiger partial charge in [-0.25, -0.2) is 0 Å². The van der Waals surface area contributed by atoms with E-state index in [2.05, 4.69) is 5.92 Å². The normalized spacial score (nSPS) is 17.5. The van der Waals surface area contributed by atoms with E-state index in [0.717, 1.165) is 0 Å². The fraction of sp³-hybridized carbons (Fsp3) is 0.308. The van der Waals surface area contributed by atoms with Crippen LogP contribution in [-0.2, 0) is 0 Å². The van der Waals surface area contributed by atoms with Crippen LogP contribution < -0.4 is 9.47 Å². The van der Waals surface area contributed by atoms with Gasteiger partial charge in [-0.1, -0.05) is 5.92 Å². The molecule has 0 spiro atoms. The first kappa shape index (κ1) is 10.0. The molecule has 2 aliphatic rings. The highest BCUT2D eigenvalue weighted by Crippen LogP contribution is 2.33. The van der Waals surface area contributed by atoms with E-state index in [9.17, 15) is 4.79 Å². The molecule has 2 aliphatic heterocycles. The number of ether oxygens (including phenoxy) is 2. The molecule has 4 nitrogen and oxygen atoms in total. The van der Waals surface area contributed by atoms with Crippen LogP contribution in [0.2, 0.25) is 0 Å². The van der Waals surface area contributed by atoms with E-state index < -0.39 is 0 Å². The van der Waals surface area contributed by atoms with Crippen LogP contribution in [0.3, 0.4) is 0 Å². The molecular formula is C13H11NO3. The first-order valence-electron chi connectivity index (χ1n) is 5.43. The fourth-order valence-corrected chi connectivity index (χ4v) is 1.96. The lowest BCUT2D eigenvalue weighted by molar-refractivity contribution is 0.0579. The second kappa shape index (κ2) is 3.70. The Bertz CT molecular complexity index is 512. The molecule has 1 aromatic rings. The van der Waals surface area contributed by atoms with Gasteiger partial charge >= 0.3 is 0 Å². The second-order valence-electron chi connectivity index (χ2n) is 4.14. The third kappa shape index (κ3) is 1.60. The zero-order chi connectivity index (χ0) is 11.8. The van der Waals surface area contributed by atoms with Gasteiger partial charge in [0.2, 0.25) is 6.79 Å². The Hall–Kier alpha value is -2.15. The summed E-state index contributed by atoms with van der Waals surface area (Å²) in [5.41, 5.74) is 0.615. The molecule has 1 fully saturated rings. The van der Waals surface area contributed by atoms with Crippen LogP contribution in [0, 0.1) is 18.3 Å². The van der Waals surface area contributed by atoms with E-state index in [1.54, 1.807) is 23.1 Å². The number of hydrogen-bond acceptors (Lipinski definition) is 3. The number of terminal acetylenes is 1. The van der Waals surface area contributed by atoms with Gasteiger partial charge in [0.25, 0.3) is 5.91 Å². The molecular weight excluding hydrogens is 218 g/mol. The molecule has 1 saturated heterocycles. The van der Waals surface area contributed by atoms with Crippen molar-refractivity contribution < 1.29 is 14.3 Å². The lowest BCUT2D eigenvalue weighted by Gasteiger charge is -2.36. The van der Waals surface area contributed by atoms with E-state index in [1.807, 2.05) is 0 Å². The van der Waals surface area contributed by atoms with Gasteiger partial charge in [0.1, 0.15) is 0 Å². The molecule has 0 aromatic heterocycles. The molecule has 0 unspecified atom stereocenters. The summed E-state index contributed by atoms with van der Waals surface area (Å²) in [6.07, 6.45) is 5.28. The maximum Gasteiger partial charge on any atom is 0.254 e. The first-order valence-corrected chi connectivity index (χ1v) is 5.43. The van der Waals surface area contributed by atoms with Crippen molar-refractivity contribution in [1.29, 1.82) is 0 Å². The zero-order valence-electron chi connectivity index (χ0n) is 9.18. The maximum atomic E-state index is 12.0. The van der Waals surface area contributed by atoms with Crippen LogP contribution in [-0.4, -0.2) is 30.7 Å². The topological polar surface area (TPSA) is 38.8 Å². The van der Waals surface area contributed by atoms with Crippen LogP contribution in [0.5, 0.6) is 11.5 Å². The molecule has 0 bridgehead atoms. The monoisotopic (exact) mass is 229 g/mol. The van der Waals surface area contributed by atoms with E-state index in [4.69, 9.17) is 15.9 Å². The summed E-state index contributed by atoms with van der Waals surface area (Å²) >= 11 is 0. The molecule has 0 atom stereocenters. The average Bonchev–Trinajstić information content (AvgIpc) is 2.74. The Kier molecular flexibility index (Phi) is 2.19. The van der Waals surface area contributed by atoms with Crippen LogP contribution in [0.4, 0.5) is 0 Å². The highest BCUT2D eigenvalue weighted by molar-refractivity contribution is 5.95. The number of amides is 1. The minimum Gasteiger partial charge on any atom is -0.454 e. The number of likely N-dealkylation sites (tertiary alicyclic amines) is 1. The van der Waals surface area contributed by atoms with Crippen LogP contribution >= 0.6 is 0 Å². The van der Waals surface area contributed by atoms with Crippen LogP contribution in [0.15, 0.2) is 18.2 Å². The molecule has 0 radical (unpaired) electrons. The van der Waals surface area contributed by atoms with E-state index in [0.29, 0.717) is 30.2 Å². The molecule has 0 saturated carbocycles. The summed E-state index contributed by atoms with van der Waals surface area (Å²) in [5, 5.41) is 0. The zero-order valence-corrected chi connectivity index (χ0v) is 9.18. The van der Waals surface area contributed by atoms with E-state index in [-0.39, 0.29) is 18.6 Å². The van der Waals surface area contributed by atoms with Gasteiger partial charge in [-0.3, -0.25) is 4.79 Å². The van der Waals surface area contributed by atoms with Crippen molar-refractivity contribution in [2.24, 2.45) is 5.92 Å². The van der Waals surface area contributed by atoms with E-state index in [1.165, 1.54) is 0 Å². The number of nitrogens with zero attached hydrogens (tertiary/aromatic N) is 1. The predicted molar refractivity (Wildman–Crippen MR) is 60.8 cm³/mol. The third-order valence-corrected chi connectivity index (χ3v) is 3.02. The minimum atomic E-state index is -0.00481. The SMILES string of the molecule is C#CC1CN(C(=O)c2ccc3c(c2)OCO3)C1. The second-order valence-corrected chi connectivity index (χ2v) is 4.14. The molecule has 0 aliphatic carbocycles. The van der Waals surface area contributed by atoms with Crippen molar-refractivity contribution in [3.8, 4) is 23.8 Å². The third-order valence-electron chi connectivity index (χ3n) is 3.02. The van der Waals surface area contributed by atoms with Gasteiger partial charge in [-0.2, -0.15) is 0 Å². The van der Waals surface area contributed by atoms with Crippen molar-refractivity contribution >= 4 is 5.91 Å². The Balaban J connectivity index is 1.77. The fourth-order valence-electron chi connectivity index (χ4n) is 1.96. The predicted octanol–water partition coefficient (Wildman–Crippen LogP) is 1.12. The largest absolute Gasteiger partial charge is 0.454 e. The Labute approximate surface area is 99.1 Å². The van der Waals surface area contributed by atoms with Crippen LogP contribution in [0.1, 0.15) is 10.4 Å². The van der Waals surface area contributed by atoms with Gasteiger partial charge in [0, 0.05) is 18.7 Å². The number of hydrogen-bond donors (Lipinski definition) is 0. The number of carbonyl (C=O) groups excluding carboxylic acids is 1. The molecule has 86 valence electrons. The summed E-state index contributed by atoms with van der Waals surface area (Å²) < 4.78 is 10.4. The lowest BCUT2D eigenvalue weighted by atomic mass is 10.00. The number of carbonyl (C=O) groups is 1. The molecule has 0 N–H and O–H groups in total. The Morgan fingerprint density at radius 1 is 1.35 bits per heavy atom. The molecule has 4 heteroatoms.